The maximum absolute atomic E-state index is 4.00. The Balaban J connectivity index is 1.47. The van der Waals surface area contributed by atoms with E-state index in [0.717, 1.165) is 23.9 Å². The van der Waals surface area contributed by atoms with Gasteiger partial charge in [0.2, 0.25) is 0 Å². The molecule has 1 aliphatic heterocycles. The van der Waals surface area contributed by atoms with Gasteiger partial charge in [0, 0.05) is 25.2 Å². The van der Waals surface area contributed by atoms with Crippen molar-refractivity contribution in [2.24, 2.45) is 11.8 Å². The SMILES string of the molecule is CCCN(CC1CC1)CC1CCC2CCCCC2N1. The van der Waals surface area contributed by atoms with Crippen molar-refractivity contribution in [3.63, 3.8) is 0 Å². The molecule has 2 saturated carbocycles. The average Bonchev–Trinajstić information content (AvgIpc) is 3.23. The lowest BCUT2D eigenvalue weighted by Crippen LogP contribution is -2.53. The summed E-state index contributed by atoms with van der Waals surface area (Å²) in [7, 11) is 0. The molecule has 0 aromatic carbocycles. The van der Waals surface area contributed by atoms with Crippen molar-refractivity contribution in [2.45, 2.75) is 76.8 Å². The molecule has 2 aliphatic carbocycles. The van der Waals surface area contributed by atoms with Crippen LogP contribution >= 0.6 is 0 Å². The highest BCUT2D eigenvalue weighted by molar-refractivity contribution is 4.91. The summed E-state index contributed by atoms with van der Waals surface area (Å²) in [4.78, 5) is 2.75. The van der Waals surface area contributed by atoms with Gasteiger partial charge in [-0.2, -0.15) is 0 Å². The van der Waals surface area contributed by atoms with E-state index >= 15 is 0 Å². The third-order valence-corrected chi connectivity index (χ3v) is 5.48. The van der Waals surface area contributed by atoms with Crippen LogP contribution in [0.2, 0.25) is 0 Å². The molecule has 0 amide bonds. The Bertz CT molecular complexity index is 274. The number of rotatable bonds is 6. The normalized spacial score (nSPS) is 35.4. The van der Waals surface area contributed by atoms with E-state index in [2.05, 4.69) is 17.1 Å². The van der Waals surface area contributed by atoms with Crippen LogP contribution in [0.1, 0.15) is 64.7 Å². The number of hydrogen-bond donors (Lipinski definition) is 1. The van der Waals surface area contributed by atoms with Crippen molar-refractivity contribution in [3.05, 3.63) is 0 Å². The van der Waals surface area contributed by atoms with Crippen LogP contribution in [-0.4, -0.2) is 36.6 Å². The van der Waals surface area contributed by atoms with E-state index in [1.807, 2.05) is 0 Å². The first-order valence-corrected chi connectivity index (χ1v) is 8.83. The summed E-state index contributed by atoms with van der Waals surface area (Å²) in [5.74, 6) is 2.05. The number of piperidine rings is 1. The molecular weight excluding hydrogens is 232 g/mol. The van der Waals surface area contributed by atoms with Crippen LogP contribution < -0.4 is 5.32 Å². The van der Waals surface area contributed by atoms with E-state index in [4.69, 9.17) is 0 Å². The third kappa shape index (κ3) is 3.95. The second-order valence-corrected chi connectivity index (χ2v) is 7.29. The smallest absolute Gasteiger partial charge is 0.0197 e. The molecule has 3 atom stereocenters. The lowest BCUT2D eigenvalue weighted by Gasteiger charge is -2.42. The molecule has 0 spiro atoms. The fourth-order valence-corrected chi connectivity index (χ4v) is 4.27. The van der Waals surface area contributed by atoms with Gasteiger partial charge in [-0.05, 0) is 63.3 Å². The zero-order valence-electron chi connectivity index (χ0n) is 12.7. The summed E-state index contributed by atoms with van der Waals surface area (Å²) < 4.78 is 0. The first-order chi connectivity index (χ1) is 9.35. The van der Waals surface area contributed by atoms with E-state index < -0.39 is 0 Å². The first-order valence-electron chi connectivity index (χ1n) is 8.83. The largest absolute Gasteiger partial charge is 0.310 e. The van der Waals surface area contributed by atoms with Gasteiger partial charge >= 0.3 is 0 Å². The van der Waals surface area contributed by atoms with Crippen molar-refractivity contribution in [3.8, 4) is 0 Å². The highest BCUT2D eigenvalue weighted by Gasteiger charge is 2.32. The minimum Gasteiger partial charge on any atom is -0.310 e. The molecule has 2 nitrogen and oxygen atoms in total. The maximum Gasteiger partial charge on any atom is 0.0197 e. The molecule has 0 radical (unpaired) electrons. The third-order valence-electron chi connectivity index (χ3n) is 5.48. The molecule has 2 heteroatoms. The van der Waals surface area contributed by atoms with Crippen molar-refractivity contribution in [2.75, 3.05) is 19.6 Å². The van der Waals surface area contributed by atoms with Gasteiger partial charge in [-0.1, -0.05) is 19.8 Å². The van der Waals surface area contributed by atoms with Crippen molar-refractivity contribution < 1.29 is 0 Å². The highest BCUT2D eigenvalue weighted by atomic mass is 15.2. The topological polar surface area (TPSA) is 15.3 Å². The zero-order chi connectivity index (χ0) is 13.1. The van der Waals surface area contributed by atoms with Crippen molar-refractivity contribution in [1.82, 2.24) is 10.2 Å². The Labute approximate surface area is 119 Å². The molecule has 110 valence electrons. The lowest BCUT2D eigenvalue weighted by atomic mass is 9.77. The van der Waals surface area contributed by atoms with Gasteiger partial charge in [0.25, 0.3) is 0 Å². The standard InChI is InChI=1S/C17H32N2/c1-2-11-19(12-14-7-8-14)13-16-10-9-15-5-3-4-6-17(15)18-16/h14-18H,2-13H2,1H3. The van der Waals surface area contributed by atoms with Gasteiger partial charge in [-0.15, -0.1) is 0 Å². The van der Waals surface area contributed by atoms with Crippen LogP contribution in [0.3, 0.4) is 0 Å². The quantitative estimate of drug-likeness (QED) is 0.791. The van der Waals surface area contributed by atoms with Crippen molar-refractivity contribution in [1.29, 1.82) is 0 Å². The van der Waals surface area contributed by atoms with Crippen molar-refractivity contribution >= 4 is 0 Å². The van der Waals surface area contributed by atoms with E-state index in [1.54, 1.807) is 0 Å². The van der Waals surface area contributed by atoms with Crippen LogP contribution in [0.15, 0.2) is 0 Å². The molecular formula is C17H32N2. The fraction of sp³-hybridized carbons (Fsp3) is 1.00. The van der Waals surface area contributed by atoms with Gasteiger partial charge in [0.05, 0.1) is 0 Å². The van der Waals surface area contributed by atoms with E-state index in [1.165, 1.54) is 77.4 Å². The average molecular weight is 264 g/mol. The predicted octanol–water partition coefficient (Wildman–Crippen LogP) is 3.42. The van der Waals surface area contributed by atoms with E-state index in [-0.39, 0.29) is 0 Å². The van der Waals surface area contributed by atoms with E-state index in [0.29, 0.717) is 0 Å². The van der Waals surface area contributed by atoms with Crippen LogP contribution in [0.4, 0.5) is 0 Å². The predicted molar refractivity (Wildman–Crippen MR) is 81.4 cm³/mol. The Morgan fingerprint density at radius 2 is 1.79 bits per heavy atom. The van der Waals surface area contributed by atoms with Gasteiger partial charge < -0.3 is 10.2 Å². The summed E-state index contributed by atoms with van der Waals surface area (Å²) in [6.07, 6.45) is 13.1. The Kier molecular flexibility index (Phi) is 4.81. The molecule has 0 aromatic heterocycles. The molecule has 1 heterocycles. The molecule has 0 bridgehead atoms. The summed E-state index contributed by atoms with van der Waals surface area (Å²) in [6, 6.07) is 1.64. The minimum atomic E-state index is 0.782. The molecule has 3 unspecified atom stereocenters. The fourth-order valence-electron chi connectivity index (χ4n) is 4.27. The molecule has 3 aliphatic rings. The monoisotopic (exact) mass is 264 g/mol. The molecule has 1 N–H and O–H groups in total. The van der Waals surface area contributed by atoms with Gasteiger partial charge in [-0.25, -0.2) is 0 Å². The summed E-state index contributed by atoms with van der Waals surface area (Å²) in [5.41, 5.74) is 0. The zero-order valence-corrected chi connectivity index (χ0v) is 12.7. The second-order valence-electron chi connectivity index (χ2n) is 7.29. The lowest BCUT2D eigenvalue weighted by molar-refractivity contribution is 0.141. The molecule has 3 rings (SSSR count). The highest BCUT2D eigenvalue weighted by Crippen LogP contribution is 2.33. The number of hydrogen-bond acceptors (Lipinski definition) is 2. The van der Waals surface area contributed by atoms with Gasteiger partial charge in [0.1, 0.15) is 0 Å². The van der Waals surface area contributed by atoms with Gasteiger partial charge in [-0.3, -0.25) is 0 Å². The molecule has 1 saturated heterocycles. The van der Waals surface area contributed by atoms with E-state index in [9.17, 15) is 0 Å². The molecule has 3 fully saturated rings. The number of nitrogens with one attached hydrogen (secondary N) is 1. The molecule has 0 aromatic rings. The maximum atomic E-state index is 4.00. The Morgan fingerprint density at radius 3 is 2.58 bits per heavy atom. The summed E-state index contributed by atoms with van der Waals surface area (Å²) in [5, 5.41) is 4.00. The van der Waals surface area contributed by atoms with Crippen LogP contribution in [-0.2, 0) is 0 Å². The Morgan fingerprint density at radius 1 is 0.947 bits per heavy atom. The van der Waals surface area contributed by atoms with Crippen LogP contribution in [0, 0.1) is 11.8 Å². The number of fused-ring (bicyclic) bond motifs is 1. The second kappa shape index (κ2) is 6.58. The summed E-state index contributed by atoms with van der Waals surface area (Å²) in [6.45, 7) is 6.32. The first kappa shape index (κ1) is 13.9. The summed E-state index contributed by atoms with van der Waals surface area (Å²) >= 11 is 0. The van der Waals surface area contributed by atoms with Crippen LogP contribution in [0.5, 0.6) is 0 Å². The minimum absolute atomic E-state index is 0.782. The van der Waals surface area contributed by atoms with Crippen LogP contribution in [0.25, 0.3) is 0 Å². The number of nitrogens with zero attached hydrogens (tertiary/aromatic N) is 1. The Hall–Kier alpha value is -0.0800. The van der Waals surface area contributed by atoms with Gasteiger partial charge in [0.15, 0.2) is 0 Å². The molecule has 19 heavy (non-hydrogen) atoms.